The first kappa shape index (κ1) is 13.9. The van der Waals surface area contributed by atoms with Gasteiger partial charge in [-0.2, -0.15) is 0 Å². The van der Waals surface area contributed by atoms with E-state index in [2.05, 4.69) is 16.3 Å². The molecular weight excluding hydrogens is 238 g/mol. The van der Waals surface area contributed by atoms with Gasteiger partial charge in [-0.05, 0) is 19.8 Å². The van der Waals surface area contributed by atoms with Gasteiger partial charge < -0.3 is 4.57 Å². The van der Waals surface area contributed by atoms with Gasteiger partial charge in [0.25, 0.3) is 10.0 Å². The van der Waals surface area contributed by atoms with E-state index in [1.54, 1.807) is 19.2 Å². The predicted molar refractivity (Wildman–Crippen MR) is 67.3 cm³/mol. The van der Waals surface area contributed by atoms with Gasteiger partial charge in [0.1, 0.15) is 5.82 Å². The van der Waals surface area contributed by atoms with Gasteiger partial charge in [0.2, 0.25) is 0 Å². The Hall–Kier alpha value is -1.14. The Labute approximate surface area is 103 Å². The van der Waals surface area contributed by atoms with Gasteiger partial charge in [-0.25, -0.2) is 18.1 Å². The van der Waals surface area contributed by atoms with Crippen molar-refractivity contribution in [1.82, 2.24) is 14.3 Å². The summed E-state index contributed by atoms with van der Waals surface area (Å²) in [6, 6.07) is 0. The lowest BCUT2D eigenvalue weighted by Gasteiger charge is -2.01. The normalized spacial score (nSPS) is 11.6. The Morgan fingerprint density at radius 1 is 1.59 bits per heavy atom. The molecule has 0 aliphatic rings. The molecule has 1 aromatic rings. The Balaban J connectivity index is 2.84. The van der Waals surface area contributed by atoms with E-state index in [9.17, 15) is 8.42 Å². The highest BCUT2D eigenvalue weighted by atomic mass is 32.2. The molecule has 0 saturated heterocycles. The molecule has 0 aliphatic carbocycles. The van der Waals surface area contributed by atoms with Crippen LogP contribution in [0.4, 0.5) is 0 Å². The van der Waals surface area contributed by atoms with Crippen LogP contribution in [0.2, 0.25) is 0 Å². The average Bonchev–Trinajstić information content (AvgIpc) is 2.62. The minimum Gasteiger partial charge on any atom is -0.334 e. The molecule has 0 aromatic carbocycles. The number of aromatic nitrogens is 2. The molecule has 1 heterocycles. The molecule has 0 unspecified atom stereocenters. The van der Waals surface area contributed by atoms with E-state index in [1.807, 2.05) is 11.5 Å². The molecular formula is C11H19N3O2S. The lowest BCUT2D eigenvalue weighted by molar-refractivity contribution is 0.578. The molecule has 0 bridgehead atoms. The van der Waals surface area contributed by atoms with Crippen molar-refractivity contribution in [3.05, 3.63) is 24.7 Å². The van der Waals surface area contributed by atoms with E-state index in [0.29, 0.717) is 13.0 Å². The van der Waals surface area contributed by atoms with Crippen LogP contribution in [0.1, 0.15) is 25.6 Å². The van der Waals surface area contributed by atoms with Gasteiger partial charge in [-0.15, -0.1) is 6.58 Å². The topological polar surface area (TPSA) is 64.0 Å². The zero-order valence-electron chi connectivity index (χ0n) is 10.3. The first-order chi connectivity index (χ1) is 8.01. The van der Waals surface area contributed by atoms with Crippen molar-refractivity contribution < 1.29 is 8.42 Å². The van der Waals surface area contributed by atoms with Crippen LogP contribution in [0.25, 0.3) is 0 Å². The third-order valence-corrected chi connectivity index (χ3v) is 3.67. The minimum absolute atomic E-state index is 0.0903. The quantitative estimate of drug-likeness (QED) is 0.594. The van der Waals surface area contributed by atoms with Crippen LogP contribution >= 0.6 is 0 Å². The van der Waals surface area contributed by atoms with E-state index in [1.165, 1.54) is 0 Å². The fourth-order valence-electron chi connectivity index (χ4n) is 1.45. The number of nitrogens with zero attached hydrogens (tertiary/aromatic N) is 2. The van der Waals surface area contributed by atoms with Crippen LogP contribution in [0, 0.1) is 6.92 Å². The molecule has 0 spiro atoms. The fraction of sp³-hybridized carbons (Fsp3) is 0.545. The molecule has 0 saturated carbocycles. The first-order valence-corrected chi connectivity index (χ1v) is 7.14. The largest absolute Gasteiger partial charge is 0.334 e. The molecule has 0 fully saturated rings. The highest BCUT2D eigenvalue weighted by Crippen LogP contribution is 2.09. The second-order valence-corrected chi connectivity index (χ2v) is 5.51. The van der Waals surface area contributed by atoms with Gasteiger partial charge in [0.15, 0.2) is 5.03 Å². The number of hydrogen-bond acceptors (Lipinski definition) is 3. The fourth-order valence-corrected chi connectivity index (χ4v) is 2.50. The van der Waals surface area contributed by atoms with Crippen molar-refractivity contribution in [3.8, 4) is 0 Å². The Morgan fingerprint density at radius 2 is 2.29 bits per heavy atom. The second kappa shape index (κ2) is 5.97. The summed E-state index contributed by atoms with van der Waals surface area (Å²) in [5.41, 5.74) is 0. The van der Waals surface area contributed by atoms with Crippen molar-refractivity contribution in [3.63, 3.8) is 0 Å². The maximum atomic E-state index is 11.9. The standard InChI is InChI=1S/C11H19N3O2S/c1-4-6-7-12-17(15,16)11-9-14(8-5-2)10(3)13-11/h4,9,12H,1,5-8H2,2-3H3. The molecule has 6 heteroatoms. The van der Waals surface area contributed by atoms with Crippen LogP contribution in [0.3, 0.4) is 0 Å². The molecule has 1 aromatic heterocycles. The average molecular weight is 257 g/mol. The molecule has 17 heavy (non-hydrogen) atoms. The second-order valence-electron chi connectivity index (χ2n) is 3.79. The van der Waals surface area contributed by atoms with Crippen LogP contribution in [0.15, 0.2) is 23.9 Å². The van der Waals surface area contributed by atoms with Crippen LogP contribution in [0.5, 0.6) is 0 Å². The van der Waals surface area contributed by atoms with E-state index in [-0.39, 0.29) is 5.03 Å². The number of nitrogens with one attached hydrogen (secondary N) is 1. The molecule has 0 aliphatic heterocycles. The molecule has 1 rings (SSSR count). The molecule has 0 atom stereocenters. The highest BCUT2D eigenvalue weighted by molar-refractivity contribution is 7.89. The van der Waals surface area contributed by atoms with Gasteiger partial charge in [0, 0.05) is 19.3 Å². The smallest absolute Gasteiger partial charge is 0.259 e. The summed E-state index contributed by atoms with van der Waals surface area (Å²) in [7, 11) is -3.48. The van der Waals surface area contributed by atoms with Crippen molar-refractivity contribution >= 4 is 10.0 Å². The van der Waals surface area contributed by atoms with Crippen molar-refractivity contribution in [2.45, 2.75) is 38.3 Å². The van der Waals surface area contributed by atoms with Crippen molar-refractivity contribution in [1.29, 1.82) is 0 Å². The molecule has 1 N–H and O–H groups in total. The summed E-state index contributed by atoms with van der Waals surface area (Å²) in [5, 5.41) is 0.0903. The van der Waals surface area contributed by atoms with Crippen molar-refractivity contribution in [2.75, 3.05) is 6.54 Å². The zero-order chi connectivity index (χ0) is 12.9. The van der Waals surface area contributed by atoms with E-state index in [0.717, 1.165) is 18.8 Å². The van der Waals surface area contributed by atoms with E-state index >= 15 is 0 Å². The van der Waals surface area contributed by atoms with Gasteiger partial charge in [-0.3, -0.25) is 0 Å². The summed E-state index contributed by atoms with van der Waals surface area (Å²) < 4.78 is 28.0. The monoisotopic (exact) mass is 257 g/mol. The Kier molecular flexibility index (Phi) is 4.89. The summed E-state index contributed by atoms with van der Waals surface area (Å²) in [6.45, 7) is 8.51. The molecule has 0 amide bonds. The molecule has 5 nitrogen and oxygen atoms in total. The van der Waals surface area contributed by atoms with Gasteiger partial charge in [0.05, 0.1) is 0 Å². The van der Waals surface area contributed by atoms with Crippen LogP contribution in [-0.2, 0) is 16.6 Å². The number of sulfonamides is 1. The van der Waals surface area contributed by atoms with E-state index < -0.39 is 10.0 Å². The third-order valence-electron chi connectivity index (χ3n) is 2.33. The number of aryl methyl sites for hydroxylation is 2. The molecule has 96 valence electrons. The third kappa shape index (κ3) is 3.67. The summed E-state index contributed by atoms with van der Waals surface area (Å²) in [4.78, 5) is 4.07. The highest BCUT2D eigenvalue weighted by Gasteiger charge is 2.17. The van der Waals surface area contributed by atoms with Crippen LogP contribution in [-0.4, -0.2) is 24.5 Å². The number of hydrogen-bond donors (Lipinski definition) is 1. The number of imidazole rings is 1. The summed E-state index contributed by atoms with van der Waals surface area (Å²) in [5.74, 6) is 0.718. The number of rotatable bonds is 7. The SMILES string of the molecule is C=CCCNS(=O)(=O)c1cn(CCC)c(C)n1. The minimum atomic E-state index is -3.48. The van der Waals surface area contributed by atoms with Gasteiger partial charge >= 0.3 is 0 Å². The lowest BCUT2D eigenvalue weighted by Crippen LogP contribution is -2.24. The molecule has 0 radical (unpaired) electrons. The summed E-state index contributed by atoms with van der Waals surface area (Å²) >= 11 is 0. The van der Waals surface area contributed by atoms with Crippen LogP contribution < -0.4 is 4.72 Å². The van der Waals surface area contributed by atoms with Crippen molar-refractivity contribution in [2.24, 2.45) is 0 Å². The predicted octanol–water partition coefficient (Wildman–Crippen LogP) is 1.46. The summed E-state index contributed by atoms with van der Waals surface area (Å²) in [6.07, 6.45) is 4.80. The van der Waals surface area contributed by atoms with Gasteiger partial charge in [-0.1, -0.05) is 13.0 Å². The maximum Gasteiger partial charge on any atom is 0.259 e. The first-order valence-electron chi connectivity index (χ1n) is 5.65. The lowest BCUT2D eigenvalue weighted by atomic mass is 10.4. The zero-order valence-corrected chi connectivity index (χ0v) is 11.1. The maximum absolute atomic E-state index is 11.9. The van der Waals surface area contributed by atoms with E-state index in [4.69, 9.17) is 0 Å². The Bertz CT molecular complexity index is 477. The Morgan fingerprint density at radius 3 is 2.88 bits per heavy atom.